The van der Waals surface area contributed by atoms with Crippen molar-refractivity contribution in [3.05, 3.63) is 0 Å². The van der Waals surface area contributed by atoms with Crippen molar-refractivity contribution in [1.29, 1.82) is 0 Å². The number of amides is 1. The van der Waals surface area contributed by atoms with Gasteiger partial charge in [-0.1, -0.05) is 6.92 Å². The molecule has 1 fully saturated rings. The van der Waals surface area contributed by atoms with Crippen LogP contribution in [0.1, 0.15) is 13.3 Å². The van der Waals surface area contributed by atoms with Crippen molar-refractivity contribution in [2.45, 2.75) is 13.3 Å². The molecule has 0 aromatic rings. The van der Waals surface area contributed by atoms with Crippen LogP contribution in [-0.2, 0) is 14.3 Å². The van der Waals surface area contributed by atoms with Gasteiger partial charge in [0.05, 0.1) is 7.11 Å². The van der Waals surface area contributed by atoms with Crippen LogP contribution in [-0.4, -0.2) is 25.5 Å². The van der Waals surface area contributed by atoms with Gasteiger partial charge in [0.2, 0.25) is 5.91 Å². The van der Waals surface area contributed by atoms with Crippen LogP contribution < -0.4 is 5.32 Å². The number of hydrogen-bond acceptors (Lipinski definition) is 3. The molecule has 1 saturated heterocycles. The maximum absolute atomic E-state index is 11.2. The fourth-order valence-corrected chi connectivity index (χ4v) is 1.42. The van der Waals surface area contributed by atoms with E-state index < -0.39 is 11.9 Å². The van der Waals surface area contributed by atoms with Gasteiger partial charge in [0.1, 0.15) is 5.92 Å². The SMILES string of the molecule is COC(=O)[C@@H]1C(=O)NCC[C@H]1C. The molecular weight excluding hydrogens is 158 g/mol. The first-order chi connectivity index (χ1) is 5.66. The Hall–Kier alpha value is -1.06. The van der Waals surface area contributed by atoms with Crippen LogP contribution in [0.5, 0.6) is 0 Å². The molecule has 1 aliphatic rings. The molecule has 1 amide bonds. The third kappa shape index (κ3) is 1.57. The molecule has 0 spiro atoms. The monoisotopic (exact) mass is 171 g/mol. The van der Waals surface area contributed by atoms with Crippen LogP contribution in [0.2, 0.25) is 0 Å². The average molecular weight is 171 g/mol. The summed E-state index contributed by atoms with van der Waals surface area (Å²) in [6.45, 7) is 2.55. The molecule has 0 aliphatic carbocycles. The Morgan fingerprint density at radius 2 is 2.33 bits per heavy atom. The molecule has 4 nitrogen and oxygen atoms in total. The molecule has 0 aromatic carbocycles. The molecule has 2 atom stereocenters. The summed E-state index contributed by atoms with van der Waals surface area (Å²) in [6.07, 6.45) is 0.839. The normalized spacial score (nSPS) is 29.3. The molecule has 0 saturated carbocycles. The van der Waals surface area contributed by atoms with Crippen molar-refractivity contribution in [3.8, 4) is 0 Å². The van der Waals surface area contributed by atoms with Crippen LogP contribution in [0.3, 0.4) is 0 Å². The van der Waals surface area contributed by atoms with E-state index in [-0.39, 0.29) is 11.8 Å². The van der Waals surface area contributed by atoms with Crippen molar-refractivity contribution in [2.75, 3.05) is 13.7 Å². The largest absolute Gasteiger partial charge is 0.468 e. The van der Waals surface area contributed by atoms with E-state index in [4.69, 9.17) is 0 Å². The summed E-state index contributed by atoms with van der Waals surface area (Å²) in [5, 5.41) is 2.64. The van der Waals surface area contributed by atoms with Crippen molar-refractivity contribution in [2.24, 2.45) is 11.8 Å². The van der Waals surface area contributed by atoms with E-state index in [1.165, 1.54) is 7.11 Å². The summed E-state index contributed by atoms with van der Waals surface area (Å²) in [6, 6.07) is 0. The summed E-state index contributed by atoms with van der Waals surface area (Å²) in [7, 11) is 1.30. The highest BCUT2D eigenvalue weighted by atomic mass is 16.5. The Balaban J connectivity index is 2.69. The van der Waals surface area contributed by atoms with Crippen LogP contribution >= 0.6 is 0 Å². The predicted molar refractivity (Wildman–Crippen MR) is 42.3 cm³/mol. The lowest BCUT2D eigenvalue weighted by Gasteiger charge is -2.25. The molecule has 4 heteroatoms. The molecule has 0 radical (unpaired) electrons. The molecular formula is C8H13NO3. The van der Waals surface area contributed by atoms with Gasteiger partial charge < -0.3 is 10.1 Å². The number of methoxy groups -OCH3 is 1. The van der Waals surface area contributed by atoms with E-state index >= 15 is 0 Å². The van der Waals surface area contributed by atoms with E-state index in [1.54, 1.807) is 0 Å². The fourth-order valence-electron chi connectivity index (χ4n) is 1.42. The van der Waals surface area contributed by atoms with Crippen molar-refractivity contribution in [1.82, 2.24) is 5.32 Å². The van der Waals surface area contributed by atoms with E-state index in [0.29, 0.717) is 6.54 Å². The highest BCUT2D eigenvalue weighted by molar-refractivity contribution is 5.98. The third-order valence-electron chi connectivity index (χ3n) is 2.21. The first kappa shape index (κ1) is 9.03. The number of carbonyl (C=O) groups excluding carboxylic acids is 2. The molecule has 68 valence electrons. The van der Waals surface area contributed by atoms with Crippen molar-refractivity contribution >= 4 is 11.9 Å². The van der Waals surface area contributed by atoms with Gasteiger partial charge in [0.15, 0.2) is 0 Å². The van der Waals surface area contributed by atoms with Crippen molar-refractivity contribution < 1.29 is 14.3 Å². The van der Waals surface area contributed by atoms with Gasteiger partial charge in [-0.2, -0.15) is 0 Å². The Morgan fingerprint density at radius 1 is 1.67 bits per heavy atom. The highest BCUT2D eigenvalue weighted by Gasteiger charge is 2.35. The molecule has 12 heavy (non-hydrogen) atoms. The van der Waals surface area contributed by atoms with Gasteiger partial charge in [0.25, 0.3) is 0 Å². The zero-order valence-electron chi connectivity index (χ0n) is 7.29. The molecule has 1 aliphatic heterocycles. The minimum Gasteiger partial charge on any atom is -0.468 e. The Morgan fingerprint density at radius 3 is 2.83 bits per heavy atom. The Kier molecular flexibility index (Phi) is 2.68. The summed E-state index contributed by atoms with van der Waals surface area (Å²) >= 11 is 0. The molecule has 1 heterocycles. The number of piperidine rings is 1. The van der Waals surface area contributed by atoms with Crippen molar-refractivity contribution in [3.63, 3.8) is 0 Å². The van der Waals surface area contributed by atoms with Gasteiger partial charge in [-0.3, -0.25) is 9.59 Å². The van der Waals surface area contributed by atoms with Gasteiger partial charge >= 0.3 is 5.97 Å². The second-order valence-electron chi connectivity index (χ2n) is 3.06. The lowest BCUT2D eigenvalue weighted by molar-refractivity contribution is -0.153. The summed E-state index contributed by atoms with van der Waals surface area (Å²) in [5.74, 6) is -1.16. The maximum atomic E-state index is 11.2. The number of rotatable bonds is 1. The number of carbonyl (C=O) groups is 2. The van der Waals surface area contributed by atoms with E-state index in [1.807, 2.05) is 6.92 Å². The van der Waals surface area contributed by atoms with E-state index in [0.717, 1.165) is 6.42 Å². The van der Waals surface area contributed by atoms with Gasteiger partial charge in [-0.15, -0.1) is 0 Å². The first-order valence-corrected chi connectivity index (χ1v) is 4.02. The zero-order chi connectivity index (χ0) is 9.14. The van der Waals surface area contributed by atoms with Crippen LogP contribution in [0.15, 0.2) is 0 Å². The van der Waals surface area contributed by atoms with Gasteiger partial charge in [-0.25, -0.2) is 0 Å². The molecule has 1 N–H and O–H groups in total. The van der Waals surface area contributed by atoms with Crippen LogP contribution in [0, 0.1) is 11.8 Å². The first-order valence-electron chi connectivity index (χ1n) is 4.02. The fraction of sp³-hybridized carbons (Fsp3) is 0.750. The number of esters is 1. The van der Waals surface area contributed by atoms with Gasteiger partial charge in [-0.05, 0) is 12.3 Å². The Labute approximate surface area is 71.3 Å². The maximum Gasteiger partial charge on any atom is 0.318 e. The second-order valence-corrected chi connectivity index (χ2v) is 3.06. The predicted octanol–water partition coefficient (Wildman–Crippen LogP) is -0.0684. The second kappa shape index (κ2) is 3.56. The summed E-state index contributed by atoms with van der Waals surface area (Å²) in [4.78, 5) is 22.3. The number of hydrogen-bond donors (Lipinski definition) is 1. The quantitative estimate of drug-likeness (QED) is 0.444. The van der Waals surface area contributed by atoms with Crippen LogP contribution in [0.4, 0.5) is 0 Å². The third-order valence-corrected chi connectivity index (χ3v) is 2.21. The standard InChI is InChI=1S/C8H13NO3/c1-5-3-4-9-7(10)6(5)8(11)12-2/h5-6H,3-4H2,1-2H3,(H,9,10)/t5-,6+/m1/s1. The average Bonchev–Trinajstić information content (AvgIpc) is 2.03. The van der Waals surface area contributed by atoms with Crippen LogP contribution in [0.25, 0.3) is 0 Å². The van der Waals surface area contributed by atoms with Gasteiger partial charge in [0, 0.05) is 6.54 Å². The lowest BCUT2D eigenvalue weighted by Crippen LogP contribution is -2.45. The minimum atomic E-state index is -0.608. The van der Waals surface area contributed by atoms with E-state index in [9.17, 15) is 9.59 Å². The number of ether oxygens (including phenoxy) is 1. The highest BCUT2D eigenvalue weighted by Crippen LogP contribution is 2.20. The van der Waals surface area contributed by atoms with E-state index in [2.05, 4.69) is 10.1 Å². The summed E-state index contributed by atoms with van der Waals surface area (Å²) in [5.41, 5.74) is 0. The Bertz CT molecular complexity index is 194. The smallest absolute Gasteiger partial charge is 0.318 e. The molecule has 0 bridgehead atoms. The zero-order valence-corrected chi connectivity index (χ0v) is 7.29. The number of nitrogens with one attached hydrogen (secondary N) is 1. The molecule has 0 unspecified atom stereocenters. The lowest BCUT2D eigenvalue weighted by atomic mass is 9.87. The molecule has 0 aromatic heterocycles. The minimum absolute atomic E-state index is 0.0891. The summed E-state index contributed by atoms with van der Waals surface area (Å²) < 4.78 is 4.53. The topological polar surface area (TPSA) is 55.4 Å². The molecule has 1 rings (SSSR count).